The van der Waals surface area contributed by atoms with E-state index in [4.69, 9.17) is 0 Å². The van der Waals surface area contributed by atoms with E-state index in [1.54, 1.807) is 0 Å². The molecule has 2 aromatic heterocycles. The van der Waals surface area contributed by atoms with Crippen molar-refractivity contribution < 1.29 is 4.79 Å². The topological polar surface area (TPSA) is 46.4 Å². The lowest BCUT2D eigenvalue weighted by Gasteiger charge is -2.22. The highest BCUT2D eigenvalue weighted by Crippen LogP contribution is 2.22. The zero-order chi connectivity index (χ0) is 15.0. The van der Waals surface area contributed by atoms with E-state index in [0.717, 1.165) is 34.2 Å². The summed E-state index contributed by atoms with van der Waals surface area (Å²) in [6, 6.07) is 2.33. The molecule has 0 unspecified atom stereocenters. The van der Waals surface area contributed by atoms with E-state index in [9.17, 15) is 4.79 Å². The van der Waals surface area contributed by atoms with E-state index in [1.807, 2.05) is 30.5 Å². The van der Waals surface area contributed by atoms with E-state index in [-0.39, 0.29) is 5.91 Å². The number of halogens is 1. The second-order valence-corrected chi connectivity index (χ2v) is 6.80. The molecule has 1 fully saturated rings. The minimum Gasteiger partial charge on any atom is -0.348 e. The van der Waals surface area contributed by atoms with E-state index < -0.39 is 0 Å². The number of nitrogens with one attached hydrogen (secondary N) is 1. The number of amides is 1. The van der Waals surface area contributed by atoms with Crippen LogP contribution < -0.4 is 5.32 Å². The van der Waals surface area contributed by atoms with Crippen LogP contribution in [-0.2, 0) is 0 Å². The zero-order valence-electron chi connectivity index (χ0n) is 12.4. The molecule has 2 heterocycles. The van der Waals surface area contributed by atoms with Gasteiger partial charge in [0, 0.05) is 16.7 Å². The van der Waals surface area contributed by atoms with Crippen molar-refractivity contribution in [1.82, 2.24) is 14.7 Å². The van der Waals surface area contributed by atoms with Crippen molar-refractivity contribution in [2.75, 3.05) is 0 Å². The van der Waals surface area contributed by atoms with Gasteiger partial charge in [-0.25, -0.2) is 4.98 Å². The van der Waals surface area contributed by atoms with E-state index in [0.29, 0.717) is 11.7 Å². The first-order valence-electron chi connectivity index (χ1n) is 7.52. The number of carbonyl (C=O) groups is 1. The van der Waals surface area contributed by atoms with Gasteiger partial charge in [0.1, 0.15) is 11.3 Å². The molecule has 0 radical (unpaired) electrons. The number of carbonyl (C=O) groups excluding carboxylic acids is 1. The lowest BCUT2D eigenvalue weighted by molar-refractivity contribution is 0.0921. The summed E-state index contributed by atoms with van der Waals surface area (Å²) in [6.07, 6.45) is 7.79. The van der Waals surface area contributed by atoms with Crippen LogP contribution in [0.1, 0.15) is 53.8 Å². The number of pyridine rings is 1. The Morgan fingerprint density at radius 1 is 1.33 bits per heavy atom. The smallest absolute Gasteiger partial charge is 0.270 e. The van der Waals surface area contributed by atoms with Gasteiger partial charge in [0.05, 0.1) is 5.69 Å². The largest absolute Gasteiger partial charge is 0.348 e. The maximum Gasteiger partial charge on any atom is 0.270 e. The van der Waals surface area contributed by atoms with Crippen LogP contribution in [0.2, 0.25) is 0 Å². The zero-order valence-corrected chi connectivity index (χ0v) is 14.0. The fourth-order valence-electron chi connectivity index (χ4n) is 3.16. The second kappa shape index (κ2) is 5.79. The Bertz CT molecular complexity index is 686. The third-order valence-corrected chi connectivity index (χ3v) is 4.63. The molecule has 1 aliphatic carbocycles. The summed E-state index contributed by atoms with van der Waals surface area (Å²) in [7, 11) is 0. The lowest BCUT2D eigenvalue weighted by Crippen LogP contribution is -2.37. The van der Waals surface area contributed by atoms with E-state index >= 15 is 0 Å². The number of hydrogen-bond acceptors (Lipinski definition) is 2. The molecule has 0 atom stereocenters. The molecule has 0 aliphatic heterocycles. The third kappa shape index (κ3) is 2.84. The first kappa shape index (κ1) is 14.6. The number of imidazole rings is 1. The number of aryl methyl sites for hydroxylation is 2. The number of rotatable bonds is 2. The molecule has 4 nitrogen and oxygen atoms in total. The van der Waals surface area contributed by atoms with Crippen molar-refractivity contribution in [2.24, 2.45) is 0 Å². The quantitative estimate of drug-likeness (QED) is 0.896. The fourth-order valence-corrected chi connectivity index (χ4v) is 3.70. The molecule has 0 spiro atoms. The standard InChI is InChI=1S/C16H20BrN3O/c1-10-8-12(17)9-20-14(11(2)18-15(10)20)16(21)19-13-6-4-3-5-7-13/h8-9,13H,3-7H2,1-2H3,(H,19,21). The summed E-state index contributed by atoms with van der Waals surface area (Å²) in [5.74, 6) is -0.00981. The van der Waals surface area contributed by atoms with Gasteiger partial charge < -0.3 is 5.32 Å². The normalized spacial score (nSPS) is 16.3. The molecule has 1 amide bonds. The van der Waals surface area contributed by atoms with Crippen LogP contribution in [0.25, 0.3) is 5.65 Å². The molecule has 5 heteroatoms. The first-order valence-corrected chi connectivity index (χ1v) is 8.31. The number of aromatic nitrogens is 2. The first-order chi connectivity index (χ1) is 10.1. The highest BCUT2D eigenvalue weighted by molar-refractivity contribution is 9.10. The van der Waals surface area contributed by atoms with Crippen LogP contribution in [0.15, 0.2) is 16.7 Å². The van der Waals surface area contributed by atoms with Crippen molar-refractivity contribution >= 4 is 27.5 Å². The molecule has 112 valence electrons. The number of hydrogen-bond donors (Lipinski definition) is 1. The summed E-state index contributed by atoms with van der Waals surface area (Å²) in [5, 5.41) is 3.18. The average molecular weight is 350 g/mol. The van der Waals surface area contributed by atoms with Gasteiger partial charge in [0.25, 0.3) is 5.91 Å². The van der Waals surface area contributed by atoms with Gasteiger partial charge in [-0.3, -0.25) is 9.20 Å². The van der Waals surface area contributed by atoms with Crippen molar-refractivity contribution in [2.45, 2.75) is 52.0 Å². The summed E-state index contributed by atoms with van der Waals surface area (Å²) in [4.78, 5) is 17.2. The molecule has 0 saturated heterocycles. The van der Waals surface area contributed by atoms with Crippen LogP contribution in [0.4, 0.5) is 0 Å². The average Bonchev–Trinajstić information content (AvgIpc) is 2.76. The van der Waals surface area contributed by atoms with Gasteiger partial charge in [-0.05, 0) is 54.2 Å². The van der Waals surface area contributed by atoms with E-state index in [1.165, 1.54) is 19.3 Å². The number of nitrogens with zero attached hydrogens (tertiary/aromatic N) is 2. The Labute approximate surface area is 133 Å². The Morgan fingerprint density at radius 3 is 2.76 bits per heavy atom. The molecule has 0 aromatic carbocycles. The molecule has 0 bridgehead atoms. The fraction of sp³-hybridized carbons (Fsp3) is 0.500. The van der Waals surface area contributed by atoms with Crippen molar-refractivity contribution in [3.05, 3.63) is 33.7 Å². The maximum absolute atomic E-state index is 12.6. The molecule has 3 rings (SSSR count). The highest BCUT2D eigenvalue weighted by Gasteiger charge is 2.22. The van der Waals surface area contributed by atoms with Gasteiger partial charge in [0.2, 0.25) is 0 Å². The van der Waals surface area contributed by atoms with E-state index in [2.05, 4.69) is 26.2 Å². The Balaban J connectivity index is 1.95. The van der Waals surface area contributed by atoms with Gasteiger partial charge >= 0.3 is 0 Å². The molecule has 1 N–H and O–H groups in total. The van der Waals surface area contributed by atoms with Crippen LogP contribution in [-0.4, -0.2) is 21.3 Å². The molecule has 21 heavy (non-hydrogen) atoms. The monoisotopic (exact) mass is 349 g/mol. The van der Waals surface area contributed by atoms with Gasteiger partial charge in [-0.2, -0.15) is 0 Å². The van der Waals surface area contributed by atoms with Gasteiger partial charge in [-0.1, -0.05) is 19.3 Å². The van der Waals surface area contributed by atoms with Gasteiger partial charge in [0.15, 0.2) is 0 Å². The third-order valence-electron chi connectivity index (χ3n) is 4.20. The highest BCUT2D eigenvalue weighted by atomic mass is 79.9. The maximum atomic E-state index is 12.6. The summed E-state index contributed by atoms with van der Waals surface area (Å²) in [5.41, 5.74) is 3.35. The summed E-state index contributed by atoms with van der Waals surface area (Å²) >= 11 is 3.49. The molecular formula is C16H20BrN3O. The van der Waals surface area contributed by atoms with Crippen LogP contribution in [0, 0.1) is 13.8 Å². The molecule has 2 aromatic rings. The number of fused-ring (bicyclic) bond motifs is 1. The summed E-state index contributed by atoms with van der Waals surface area (Å²) < 4.78 is 2.85. The van der Waals surface area contributed by atoms with Crippen molar-refractivity contribution in [3.63, 3.8) is 0 Å². The summed E-state index contributed by atoms with van der Waals surface area (Å²) in [6.45, 7) is 3.91. The Kier molecular flexibility index (Phi) is 4.02. The van der Waals surface area contributed by atoms with Crippen molar-refractivity contribution in [3.8, 4) is 0 Å². The molecule has 1 saturated carbocycles. The Morgan fingerprint density at radius 2 is 2.05 bits per heavy atom. The van der Waals surface area contributed by atoms with Gasteiger partial charge in [-0.15, -0.1) is 0 Å². The predicted molar refractivity (Wildman–Crippen MR) is 86.7 cm³/mol. The lowest BCUT2D eigenvalue weighted by atomic mass is 9.95. The minimum absolute atomic E-state index is 0.00981. The van der Waals surface area contributed by atoms with Crippen LogP contribution in [0.5, 0.6) is 0 Å². The molecule has 1 aliphatic rings. The van der Waals surface area contributed by atoms with Crippen LogP contribution >= 0.6 is 15.9 Å². The Hall–Kier alpha value is -1.36. The molecular weight excluding hydrogens is 330 g/mol. The predicted octanol–water partition coefficient (Wildman–Crippen LogP) is 3.78. The SMILES string of the molecule is Cc1nc2c(C)cc(Br)cn2c1C(=O)NC1CCCCC1. The van der Waals surface area contributed by atoms with Crippen LogP contribution in [0.3, 0.4) is 0 Å². The van der Waals surface area contributed by atoms with Crippen molar-refractivity contribution in [1.29, 1.82) is 0 Å². The minimum atomic E-state index is -0.00981. The second-order valence-electron chi connectivity index (χ2n) is 5.89.